The largest absolute Gasteiger partial charge is 0.506 e. The molecule has 0 unspecified atom stereocenters. The van der Waals surface area contributed by atoms with E-state index in [1.807, 2.05) is 0 Å². The third-order valence-corrected chi connectivity index (χ3v) is 7.16. The number of esters is 1. The molecule has 29 heavy (non-hydrogen) atoms. The van der Waals surface area contributed by atoms with E-state index >= 15 is 0 Å². The first kappa shape index (κ1) is 21.5. The molecule has 1 aliphatic rings. The van der Waals surface area contributed by atoms with E-state index in [1.165, 1.54) is 34.6 Å². The van der Waals surface area contributed by atoms with E-state index in [0.29, 0.717) is 17.6 Å². The summed E-state index contributed by atoms with van der Waals surface area (Å²) < 4.78 is 31.8. The fourth-order valence-electron chi connectivity index (χ4n) is 3.07. The Morgan fingerprint density at radius 3 is 2.38 bits per heavy atom. The number of aromatic hydroxyl groups is 1. The van der Waals surface area contributed by atoms with Crippen molar-refractivity contribution >= 4 is 37.7 Å². The average molecular weight is 482 g/mol. The zero-order valence-corrected chi connectivity index (χ0v) is 18.1. The highest BCUT2D eigenvalue weighted by atomic mass is 79.9. The summed E-state index contributed by atoms with van der Waals surface area (Å²) in [6.07, 6.45) is 1.68. The lowest BCUT2D eigenvalue weighted by Crippen LogP contribution is -2.27. The van der Waals surface area contributed by atoms with Crippen molar-refractivity contribution in [2.45, 2.75) is 24.7 Å². The molecule has 0 saturated carbocycles. The number of ketones is 1. The first-order chi connectivity index (χ1) is 13.7. The van der Waals surface area contributed by atoms with Gasteiger partial charge in [-0.25, -0.2) is 13.2 Å². The molecule has 0 bridgehead atoms. The lowest BCUT2D eigenvalue weighted by atomic mass is 10.1. The van der Waals surface area contributed by atoms with Gasteiger partial charge in [-0.2, -0.15) is 4.31 Å². The SMILES string of the molecule is Cc1cc(Br)c(O)c(C(=O)OCC(=O)c2ccc(S(=O)(=O)N3CCCC3)cc2)c1. The average Bonchev–Trinajstić information content (AvgIpc) is 3.24. The molecule has 1 aliphatic heterocycles. The van der Waals surface area contributed by atoms with Gasteiger partial charge in [-0.15, -0.1) is 0 Å². The van der Waals surface area contributed by atoms with Crippen LogP contribution < -0.4 is 0 Å². The monoisotopic (exact) mass is 481 g/mol. The van der Waals surface area contributed by atoms with Crippen LogP contribution in [0.3, 0.4) is 0 Å². The lowest BCUT2D eigenvalue weighted by molar-refractivity contribution is 0.0471. The second-order valence-corrected chi connectivity index (χ2v) is 9.57. The number of halogens is 1. The van der Waals surface area contributed by atoms with Crippen molar-refractivity contribution in [3.8, 4) is 5.75 Å². The lowest BCUT2D eigenvalue weighted by Gasteiger charge is -2.15. The number of Topliss-reactive ketones (excluding diaryl/α,β-unsaturated/α-hetero) is 1. The summed E-state index contributed by atoms with van der Waals surface area (Å²) in [6.45, 7) is 2.23. The molecule has 1 heterocycles. The maximum Gasteiger partial charge on any atom is 0.342 e. The number of nitrogens with zero attached hydrogens (tertiary/aromatic N) is 1. The van der Waals surface area contributed by atoms with Crippen molar-refractivity contribution < 1.29 is 27.9 Å². The van der Waals surface area contributed by atoms with Crippen LogP contribution in [-0.2, 0) is 14.8 Å². The Morgan fingerprint density at radius 2 is 1.76 bits per heavy atom. The minimum atomic E-state index is -3.55. The molecule has 0 amide bonds. The number of sulfonamides is 1. The van der Waals surface area contributed by atoms with Crippen molar-refractivity contribution in [3.05, 3.63) is 57.6 Å². The second-order valence-electron chi connectivity index (χ2n) is 6.78. The molecular formula is C20H20BrNO6S. The third-order valence-electron chi connectivity index (χ3n) is 4.64. The predicted octanol–water partition coefficient (Wildman–Crippen LogP) is 3.29. The standard InChI is InChI=1S/C20H20BrNO6S/c1-13-10-16(19(24)17(21)11-13)20(25)28-12-18(23)14-4-6-15(7-5-14)29(26,27)22-8-2-3-9-22/h4-7,10-11,24H,2-3,8-9,12H2,1H3. The van der Waals surface area contributed by atoms with Crippen molar-refractivity contribution in [2.75, 3.05) is 19.7 Å². The molecule has 0 radical (unpaired) electrons. The van der Waals surface area contributed by atoms with Gasteiger partial charge in [0.25, 0.3) is 0 Å². The number of hydrogen-bond acceptors (Lipinski definition) is 6. The summed E-state index contributed by atoms with van der Waals surface area (Å²) in [6, 6.07) is 8.68. The Kier molecular flexibility index (Phi) is 6.40. The van der Waals surface area contributed by atoms with Gasteiger partial charge >= 0.3 is 5.97 Å². The molecule has 2 aromatic rings. The number of phenolic OH excluding ortho intramolecular Hbond substituents is 1. The van der Waals surface area contributed by atoms with Crippen LogP contribution >= 0.6 is 15.9 Å². The second kappa shape index (κ2) is 8.64. The minimum Gasteiger partial charge on any atom is -0.506 e. The molecule has 9 heteroatoms. The fourth-order valence-corrected chi connectivity index (χ4v) is 5.16. The first-order valence-electron chi connectivity index (χ1n) is 9.00. The Bertz CT molecular complexity index is 1040. The van der Waals surface area contributed by atoms with Gasteiger partial charge in [-0.1, -0.05) is 0 Å². The van der Waals surface area contributed by atoms with Gasteiger partial charge in [0.15, 0.2) is 12.4 Å². The van der Waals surface area contributed by atoms with Crippen LogP contribution in [0.15, 0.2) is 45.8 Å². The predicted molar refractivity (Wildman–Crippen MR) is 110 cm³/mol. The highest BCUT2D eigenvalue weighted by Crippen LogP contribution is 2.30. The Labute approximate surface area is 177 Å². The van der Waals surface area contributed by atoms with Gasteiger partial charge in [0.2, 0.25) is 10.0 Å². The van der Waals surface area contributed by atoms with E-state index in [0.717, 1.165) is 18.4 Å². The van der Waals surface area contributed by atoms with Gasteiger partial charge < -0.3 is 9.84 Å². The molecule has 3 rings (SSSR count). The van der Waals surface area contributed by atoms with Crippen molar-refractivity contribution in [2.24, 2.45) is 0 Å². The number of hydrogen-bond donors (Lipinski definition) is 1. The third kappa shape index (κ3) is 4.68. The van der Waals surface area contributed by atoms with Crippen molar-refractivity contribution in [1.82, 2.24) is 4.31 Å². The molecule has 0 atom stereocenters. The van der Waals surface area contributed by atoms with E-state index in [9.17, 15) is 23.1 Å². The van der Waals surface area contributed by atoms with E-state index in [-0.39, 0.29) is 21.8 Å². The van der Waals surface area contributed by atoms with Crippen LogP contribution in [0.2, 0.25) is 0 Å². The van der Waals surface area contributed by atoms with Crippen LogP contribution in [0.1, 0.15) is 39.1 Å². The van der Waals surface area contributed by atoms with Crippen LogP contribution in [0.5, 0.6) is 5.75 Å². The molecule has 2 aromatic carbocycles. The topological polar surface area (TPSA) is 101 Å². The molecule has 0 spiro atoms. The molecule has 0 aromatic heterocycles. The smallest absolute Gasteiger partial charge is 0.342 e. The quantitative estimate of drug-likeness (QED) is 0.501. The number of carbonyl (C=O) groups excluding carboxylic acids is 2. The van der Waals surface area contributed by atoms with Gasteiger partial charge in [0.05, 0.1) is 9.37 Å². The first-order valence-corrected chi connectivity index (χ1v) is 11.2. The molecule has 1 saturated heterocycles. The Hall–Kier alpha value is -2.23. The van der Waals surface area contributed by atoms with Gasteiger partial charge in [0, 0.05) is 18.7 Å². The molecule has 0 aliphatic carbocycles. The molecule has 1 N–H and O–H groups in total. The van der Waals surface area contributed by atoms with Crippen molar-refractivity contribution in [1.29, 1.82) is 0 Å². The van der Waals surface area contributed by atoms with E-state index in [4.69, 9.17) is 4.74 Å². The summed E-state index contributed by atoms with van der Waals surface area (Å²) in [5, 5.41) is 9.98. The van der Waals surface area contributed by atoms with E-state index in [1.54, 1.807) is 13.0 Å². The van der Waals surface area contributed by atoms with Gasteiger partial charge in [0.1, 0.15) is 11.3 Å². The summed E-state index contributed by atoms with van der Waals surface area (Å²) in [5.41, 5.74) is 0.923. The number of ether oxygens (including phenoxy) is 1. The molecule has 1 fully saturated rings. The molecular weight excluding hydrogens is 462 g/mol. The number of aryl methyl sites for hydroxylation is 1. The number of rotatable bonds is 6. The summed E-state index contributed by atoms with van der Waals surface area (Å²) >= 11 is 3.15. The number of carbonyl (C=O) groups is 2. The Balaban J connectivity index is 1.66. The summed E-state index contributed by atoms with van der Waals surface area (Å²) in [7, 11) is -3.55. The molecule has 7 nitrogen and oxygen atoms in total. The van der Waals surface area contributed by atoms with E-state index < -0.39 is 28.4 Å². The summed E-state index contributed by atoms with van der Waals surface area (Å²) in [4.78, 5) is 24.6. The van der Waals surface area contributed by atoms with Crippen LogP contribution in [0.25, 0.3) is 0 Å². The summed E-state index contributed by atoms with van der Waals surface area (Å²) in [5.74, 6) is -1.56. The van der Waals surface area contributed by atoms with Crippen LogP contribution in [-0.4, -0.2) is 49.3 Å². The number of phenols is 1. The molecule has 154 valence electrons. The van der Waals surface area contributed by atoms with Gasteiger partial charge in [-0.3, -0.25) is 4.79 Å². The highest BCUT2D eigenvalue weighted by Gasteiger charge is 2.27. The normalized spacial score (nSPS) is 14.7. The number of benzene rings is 2. The zero-order chi connectivity index (χ0) is 21.2. The van der Waals surface area contributed by atoms with E-state index in [2.05, 4.69) is 15.9 Å². The zero-order valence-electron chi connectivity index (χ0n) is 15.7. The minimum absolute atomic E-state index is 0.0447. The maximum absolute atomic E-state index is 12.5. The van der Waals surface area contributed by atoms with Crippen LogP contribution in [0, 0.1) is 6.92 Å². The van der Waals surface area contributed by atoms with Crippen molar-refractivity contribution in [3.63, 3.8) is 0 Å². The highest BCUT2D eigenvalue weighted by molar-refractivity contribution is 9.10. The fraction of sp³-hybridized carbons (Fsp3) is 0.300. The Morgan fingerprint density at radius 1 is 1.14 bits per heavy atom. The van der Waals surface area contributed by atoms with Gasteiger partial charge in [-0.05, 0) is 77.7 Å². The maximum atomic E-state index is 12.5. The van der Waals surface area contributed by atoms with Crippen LogP contribution in [0.4, 0.5) is 0 Å².